The Balaban J connectivity index is 2.54. The second-order valence-electron chi connectivity index (χ2n) is 6.05. The average Bonchev–Trinajstić information content (AvgIpc) is 2.24. The van der Waals surface area contributed by atoms with Crippen molar-refractivity contribution in [3.63, 3.8) is 0 Å². The lowest BCUT2D eigenvalue weighted by Crippen LogP contribution is -2.21. The van der Waals surface area contributed by atoms with Crippen LogP contribution in [0.3, 0.4) is 0 Å². The van der Waals surface area contributed by atoms with Crippen LogP contribution in [0.1, 0.15) is 72.6 Å². The number of rotatable bonds is 2. The van der Waals surface area contributed by atoms with Crippen LogP contribution in [-0.2, 0) is 0 Å². The average molecular weight is 242 g/mol. The van der Waals surface area contributed by atoms with Gasteiger partial charge in [-0.3, -0.25) is 0 Å². The number of hydrogen-bond donors (Lipinski definition) is 0. The molecule has 0 spiro atoms. The van der Waals surface area contributed by atoms with Gasteiger partial charge in [-0.2, -0.15) is 11.8 Å². The Morgan fingerprint density at radius 3 is 1.44 bits per heavy atom. The third-order valence-corrected chi connectivity index (χ3v) is 6.07. The highest BCUT2D eigenvalue weighted by Crippen LogP contribution is 2.35. The van der Waals surface area contributed by atoms with Gasteiger partial charge in [0.05, 0.1) is 0 Å². The van der Waals surface area contributed by atoms with E-state index in [1.54, 1.807) is 0 Å². The third kappa shape index (κ3) is 5.12. The standard InChI is InChI=1S/C15H30S/c1-12(2)14-10-8-6-5-7-9-11-15(16-14)13(3)4/h12-15H,5-11H2,1-4H3. The van der Waals surface area contributed by atoms with E-state index in [0.29, 0.717) is 0 Å². The molecule has 0 radical (unpaired) electrons. The van der Waals surface area contributed by atoms with E-state index in [1.807, 2.05) is 0 Å². The van der Waals surface area contributed by atoms with Crippen LogP contribution in [0.2, 0.25) is 0 Å². The number of thioether (sulfide) groups is 1. The minimum Gasteiger partial charge on any atom is -0.155 e. The molecular weight excluding hydrogens is 212 g/mol. The molecule has 0 N–H and O–H groups in total. The van der Waals surface area contributed by atoms with Gasteiger partial charge in [0.1, 0.15) is 0 Å². The van der Waals surface area contributed by atoms with Crippen LogP contribution in [-0.4, -0.2) is 10.5 Å². The summed E-state index contributed by atoms with van der Waals surface area (Å²) in [5.41, 5.74) is 0. The minimum atomic E-state index is 0.852. The van der Waals surface area contributed by atoms with Gasteiger partial charge in [-0.15, -0.1) is 0 Å². The van der Waals surface area contributed by atoms with Crippen LogP contribution < -0.4 is 0 Å². The van der Waals surface area contributed by atoms with Gasteiger partial charge in [0, 0.05) is 10.5 Å². The fourth-order valence-electron chi connectivity index (χ4n) is 2.56. The summed E-state index contributed by atoms with van der Waals surface area (Å²) >= 11 is 2.30. The summed E-state index contributed by atoms with van der Waals surface area (Å²) in [6.07, 6.45) is 10.2. The minimum absolute atomic E-state index is 0.852. The van der Waals surface area contributed by atoms with Gasteiger partial charge in [0.15, 0.2) is 0 Å². The first-order valence-corrected chi connectivity index (χ1v) is 8.21. The van der Waals surface area contributed by atoms with Gasteiger partial charge in [0.25, 0.3) is 0 Å². The molecule has 2 unspecified atom stereocenters. The summed E-state index contributed by atoms with van der Waals surface area (Å²) in [7, 11) is 0. The molecule has 1 aliphatic heterocycles. The molecule has 0 bridgehead atoms. The van der Waals surface area contributed by atoms with Crippen LogP contribution in [0.4, 0.5) is 0 Å². The summed E-state index contributed by atoms with van der Waals surface area (Å²) in [5.74, 6) is 1.70. The van der Waals surface area contributed by atoms with Crippen molar-refractivity contribution in [2.45, 2.75) is 83.1 Å². The summed E-state index contributed by atoms with van der Waals surface area (Å²) in [4.78, 5) is 0. The van der Waals surface area contributed by atoms with Gasteiger partial charge in [-0.05, 0) is 24.7 Å². The fraction of sp³-hybridized carbons (Fsp3) is 1.00. The lowest BCUT2D eigenvalue weighted by atomic mass is 10.00. The highest BCUT2D eigenvalue weighted by Gasteiger charge is 2.22. The van der Waals surface area contributed by atoms with E-state index < -0.39 is 0 Å². The van der Waals surface area contributed by atoms with Crippen molar-refractivity contribution in [1.82, 2.24) is 0 Å². The maximum atomic E-state index is 2.40. The van der Waals surface area contributed by atoms with Crippen molar-refractivity contribution >= 4 is 11.8 Å². The van der Waals surface area contributed by atoms with Crippen molar-refractivity contribution in [3.05, 3.63) is 0 Å². The van der Waals surface area contributed by atoms with Crippen LogP contribution in [0.15, 0.2) is 0 Å². The van der Waals surface area contributed by atoms with Gasteiger partial charge < -0.3 is 0 Å². The predicted molar refractivity (Wildman–Crippen MR) is 77.2 cm³/mol. The molecule has 1 fully saturated rings. The van der Waals surface area contributed by atoms with Crippen LogP contribution in [0, 0.1) is 11.8 Å². The zero-order valence-corrected chi connectivity index (χ0v) is 12.5. The molecule has 0 aromatic rings. The molecule has 2 atom stereocenters. The number of hydrogen-bond acceptors (Lipinski definition) is 1. The van der Waals surface area contributed by atoms with Crippen LogP contribution in [0.5, 0.6) is 0 Å². The Morgan fingerprint density at radius 1 is 0.688 bits per heavy atom. The van der Waals surface area contributed by atoms with Crippen molar-refractivity contribution in [3.8, 4) is 0 Å². The van der Waals surface area contributed by atoms with Crippen LogP contribution >= 0.6 is 11.8 Å². The molecule has 0 aliphatic carbocycles. The van der Waals surface area contributed by atoms with Crippen molar-refractivity contribution < 1.29 is 0 Å². The quantitative estimate of drug-likeness (QED) is 0.615. The molecule has 0 saturated carbocycles. The van der Waals surface area contributed by atoms with E-state index in [9.17, 15) is 0 Å². The Kier molecular flexibility index (Phi) is 6.87. The van der Waals surface area contributed by atoms with E-state index in [0.717, 1.165) is 22.3 Å². The van der Waals surface area contributed by atoms with Gasteiger partial charge >= 0.3 is 0 Å². The molecule has 0 aromatic heterocycles. The Labute approximate surface area is 107 Å². The van der Waals surface area contributed by atoms with Gasteiger partial charge in [-0.25, -0.2) is 0 Å². The van der Waals surface area contributed by atoms with Crippen molar-refractivity contribution in [2.24, 2.45) is 11.8 Å². The second kappa shape index (κ2) is 7.63. The van der Waals surface area contributed by atoms with E-state index in [2.05, 4.69) is 39.5 Å². The Morgan fingerprint density at radius 2 is 1.06 bits per heavy atom. The monoisotopic (exact) mass is 242 g/mol. The lowest BCUT2D eigenvalue weighted by Gasteiger charge is -2.29. The smallest absolute Gasteiger partial charge is 0.00729 e. The first-order valence-electron chi connectivity index (χ1n) is 7.26. The normalized spacial score (nSPS) is 29.6. The van der Waals surface area contributed by atoms with E-state index in [1.165, 1.54) is 44.9 Å². The maximum absolute atomic E-state index is 2.40. The first kappa shape index (κ1) is 14.4. The third-order valence-electron chi connectivity index (χ3n) is 3.81. The topological polar surface area (TPSA) is 0 Å². The lowest BCUT2D eigenvalue weighted by molar-refractivity contribution is 0.482. The molecule has 0 amide bonds. The zero-order chi connectivity index (χ0) is 12.0. The molecule has 1 heterocycles. The zero-order valence-electron chi connectivity index (χ0n) is 11.7. The summed E-state index contributed by atoms with van der Waals surface area (Å²) in [6.45, 7) is 9.61. The van der Waals surface area contributed by atoms with Crippen LogP contribution in [0.25, 0.3) is 0 Å². The molecule has 0 aromatic carbocycles. The molecule has 1 heteroatoms. The molecule has 1 rings (SSSR count). The summed E-state index contributed by atoms with van der Waals surface area (Å²) in [5, 5.41) is 1.82. The second-order valence-corrected chi connectivity index (χ2v) is 7.53. The highest BCUT2D eigenvalue weighted by molar-refractivity contribution is 8.00. The molecular formula is C15H30S. The Hall–Kier alpha value is 0.350. The van der Waals surface area contributed by atoms with E-state index in [-0.39, 0.29) is 0 Å². The van der Waals surface area contributed by atoms with E-state index in [4.69, 9.17) is 0 Å². The molecule has 1 aliphatic rings. The first-order chi connectivity index (χ1) is 7.61. The fourth-order valence-corrected chi connectivity index (χ4v) is 4.25. The molecule has 96 valence electrons. The molecule has 16 heavy (non-hydrogen) atoms. The predicted octanol–water partition coefficient (Wildman–Crippen LogP) is 5.51. The van der Waals surface area contributed by atoms with Crippen molar-refractivity contribution in [1.29, 1.82) is 0 Å². The Bertz CT molecular complexity index is 156. The van der Waals surface area contributed by atoms with Gasteiger partial charge in [-0.1, -0.05) is 59.8 Å². The molecule has 1 saturated heterocycles. The largest absolute Gasteiger partial charge is 0.155 e. The van der Waals surface area contributed by atoms with Crippen molar-refractivity contribution in [2.75, 3.05) is 0 Å². The summed E-state index contributed by atoms with van der Waals surface area (Å²) < 4.78 is 0. The maximum Gasteiger partial charge on any atom is 0.00729 e. The van der Waals surface area contributed by atoms with E-state index >= 15 is 0 Å². The summed E-state index contributed by atoms with van der Waals surface area (Å²) in [6, 6.07) is 0. The highest BCUT2D eigenvalue weighted by atomic mass is 32.2. The van der Waals surface area contributed by atoms with Gasteiger partial charge in [0.2, 0.25) is 0 Å². The SMILES string of the molecule is CC(C)C1CCCCCCCC(C(C)C)S1. The molecule has 0 nitrogen and oxygen atoms in total.